The van der Waals surface area contributed by atoms with Crippen molar-refractivity contribution < 1.29 is 9.90 Å². The quantitative estimate of drug-likeness (QED) is 0.788. The van der Waals surface area contributed by atoms with E-state index >= 15 is 0 Å². The fourth-order valence-electron chi connectivity index (χ4n) is 4.05. The summed E-state index contributed by atoms with van der Waals surface area (Å²) in [6.45, 7) is 0. The van der Waals surface area contributed by atoms with E-state index in [9.17, 15) is 14.7 Å². The molecular weight excluding hydrogens is 268 g/mol. The third kappa shape index (κ3) is 1.57. The molecule has 5 heteroatoms. The minimum absolute atomic E-state index is 0.162. The summed E-state index contributed by atoms with van der Waals surface area (Å²) >= 11 is 0. The van der Waals surface area contributed by atoms with Crippen molar-refractivity contribution in [1.82, 2.24) is 4.57 Å². The lowest BCUT2D eigenvalue weighted by molar-refractivity contribution is 0.0694. The largest absolute Gasteiger partial charge is 0.477 e. The lowest BCUT2D eigenvalue weighted by Crippen LogP contribution is -2.20. The number of nitrogen functional groups attached to an aromatic ring is 1. The van der Waals surface area contributed by atoms with E-state index in [1.165, 1.54) is 12.6 Å². The molecule has 21 heavy (non-hydrogen) atoms. The van der Waals surface area contributed by atoms with Gasteiger partial charge in [0.25, 0.3) is 0 Å². The molecule has 1 saturated carbocycles. The zero-order chi connectivity index (χ0) is 14.7. The van der Waals surface area contributed by atoms with E-state index in [0.717, 1.165) is 30.3 Å². The van der Waals surface area contributed by atoms with Crippen LogP contribution in [0.5, 0.6) is 0 Å². The van der Waals surface area contributed by atoms with Gasteiger partial charge in [0, 0.05) is 29.2 Å². The van der Waals surface area contributed by atoms with Crippen LogP contribution in [0.2, 0.25) is 0 Å². The number of benzene rings is 1. The molecule has 1 fully saturated rings. The molecule has 3 N–H and O–H groups in total. The van der Waals surface area contributed by atoms with Crippen LogP contribution in [0, 0.1) is 0 Å². The summed E-state index contributed by atoms with van der Waals surface area (Å²) in [5.41, 5.74) is 7.89. The monoisotopic (exact) mass is 284 g/mol. The number of pyridine rings is 1. The highest BCUT2D eigenvalue weighted by molar-refractivity contribution is 5.95. The normalized spacial score (nSPS) is 23.2. The smallest absolute Gasteiger partial charge is 0.341 e. The zero-order valence-corrected chi connectivity index (χ0v) is 11.5. The molecule has 2 unspecified atom stereocenters. The SMILES string of the molecule is Nc1cc2c3c(c1)c(=O)c(C(=O)O)cn3C1CCCCC21. The molecule has 1 aliphatic carbocycles. The summed E-state index contributed by atoms with van der Waals surface area (Å²) < 4.78 is 2.01. The Balaban J connectivity index is 2.14. The van der Waals surface area contributed by atoms with Gasteiger partial charge in [-0.2, -0.15) is 0 Å². The number of nitrogens with two attached hydrogens (primary N) is 1. The summed E-state index contributed by atoms with van der Waals surface area (Å²) in [5.74, 6) is -0.818. The van der Waals surface area contributed by atoms with Crippen molar-refractivity contribution in [2.75, 3.05) is 5.73 Å². The number of carboxylic acids is 1. The Morgan fingerprint density at radius 1 is 1.29 bits per heavy atom. The Bertz CT molecular complexity index is 838. The fourth-order valence-corrected chi connectivity index (χ4v) is 4.05. The highest BCUT2D eigenvalue weighted by Gasteiger charge is 2.36. The maximum absolute atomic E-state index is 12.4. The summed E-state index contributed by atoms with van der Waals surface area (Å²) in [4.78, 5) is 23.8. The first-order chi connectivity index (χ1) is 10.1. The molecule has 2 aromatic rings. The van der Waals surface area contributed by atoms with E-state index < -0.39 is 11.4 Å². The third-order valence-electron chi connectivity index (χ3n) is 4.89. The topological polar surface area (TPSA) is 85.3 Å². The minimum atomic E-state index is -1.17. The number of carboxylic acid groups (broad SMARTS) is 1. The van der Waals surface area contributed by atoms with E-state index in [2.05, 4.69) is 0 Å². The third-order valence-corrected chi connectivity index (χ3v) is 4.89. The highest BCUT2D eigenvalue weighted by atomic mass is 16.4. The number of rotatable bonds is 1. The van der Waals surface area contributed by atoms with Gasteiger partial charge in [-0.05, 0) is 30.5 Å². The Labute approximate surface area is 121 Å². The molecule has 4 rings (SSSR count). The molecule has 2 heterocycles. The predicted octanol–water partition coefficient (Wildman–Crippen LogP) is 2.49. The molecule has 0 amide bonds. The van der Waals surface area contributed by atoms with Gasteiger partial charge >= 0.3 is 5.97 Å². The second-order valence-corrected chi connectivity index (χ2v) is 6.05. The number of hydrogen-bond acceptors (Lipinski definition) is 3. The number of anilines is 1. The van der Waals surface area contributed by atoms with Crippen LogP contribution in [0.1, 0.15) is 53.6 Å². The Hall–Kier alpha value is -2.30. The average Bonchev–Trinajstić information content (AvgIpc) is 2.77. The first kappa shape index (κ1) is 12.4. The van der Waals surface area contributed by atoms with Crippen molar-refractivity contribution in [3.63, 3.8) is 0 Å². The summed E-state index contributed by atoms with van der Waals surface area (Å²) in [6.07, 6.45) is 5.93. The van der Waals surface area contributed by atoms with Crippen LogP contribution in [0.3, 0.4) is 0 Å². The van der Waals surface area contributed by atoms with E-state index in [1.807, 2.05) is 10.6 Å². The molecule has 108 valence electrons. The second-order valence-electron chi connectivity index (χ2n) is 6.05. The van der Waals surface area contributed by atoms with E-state index in [4.69, 9.17) is 5.73 Å². The molecule has 2 atom stereocenters. The maximum Gasteiger partial charge on any atom is 0.341 e. The number of aromatic nitrogens is 1. The number of fused-ring (bicyclic) bond motifs is 3. The number of nitrogens with zero attached hydrogens (tertiary/aromatic N) is 1. The fraction of sp³-hybridized carbons (Fsp3) is 0.375. The lowest BCUT2D eigenvalue weighted by Gasteiger charge is -2.27. The Morgan fingerprint density at radius 3 is 2.81 bits per heavy atom. The van der Waals surface area contributed by atoms with Gasteiger partial charge in [-0.15, -0.1) is 0 Å². The molecule has 0 radical (unpaired) electrons. The van der Waals surface area contributed by atoms with Crippen LogP contribution in [0.15, 0.2) is 23.1 Å². The van der Waals surface area contributed by atoms with Gasteiger partial charge in [-0.25, -0.2) is 4.79 Å². The predicted molar refractivity (Wildman–Crippen MR) is 79.8 cm³/mol. The van der Waals surface area contributed by atoms with Crippen molar-refractivity contribution in [3.05, 3.63) is 39.7 Å². The van der Waals surface area contributed by atoms with Gasteiger partial charge in [0.2, 0.25) is 5.43 Å². The second kappa shape index (κ2) is 4.10. The molecule has 1 aromatic carbocycles. The van der Waals surface area contributed by atoms with Gasteiger partial charge in [0.15, 0.2) is 0 Å². The lowest BCUT2D eigenvalue weighted by atomic mass is 9.82. The van der Waals surface area contributed by atoms with Gasteiger partial charge in [0.1, 0.15) is 5.56 Å². The molecule has 2 aliphatic rings. The maximum atomic E-state index is 12.4. The van der Waals surface area contributed by atoms with Crippen LogP contribution in [0.25, 0.3) is 10.9 Å². The number of hydrogen-bond donors (Lipinski definition) is 2. The van der Waals surface area contributed by atoms with Crippen LogP contribution >= 0.6 is 0 Å². The Morgan fingerprint density at radius 2 is 2.05 bits per heavy atom. The minimum Gasteiger partial charge on any atom is -0.477 e. The first-order valence-electron chi connectivity index (χ1n) is 7.29. The van der Waals surface area contributed by atoms with E-state index in [0.29, 0.717) is 17.0 Å². The molecule has 1 aliphatic heterocycles. The summed E-state index contributed by atoms with van der Waals surface area (Å²) in [5, 5.41) is 9.73. The van der Waals surface area contributed by atoms with E-state index in [1.54, 1.807) is 6.07 Å². The van der Waals surface area contributed by atoms with Crippen LogP contribution < -0.4 is 11.2 Å². The molecule has 5 nitrogen and oxygen atoms in total. The van der Waals surface area contributed by atoms with Crippen molar-refractivity contribution in [2.45, 2.75) is 37.6 Å². The van der Waals surface area contributed by atoms with Crippen molar-refractivity contribution in [2.24, 2.45) is 0 Å². The van der Waals surface area contributed by atoms with Crippen molar-refractivity contribution in [3.8, 4) is 0 Å². The first-order valence-corrected chi connectivity index (χ1v) is 7.29. The summed E-state index contributed by atoms with van der Waals surface area (Å²) in [7, 11) is 0. The van der Waals surface area contributed by atoms with Crippen molar-refractivity contribution >= 4 is 22.6 Å². The van der Waals surface area contributed by atoms with Crippen LogP contribution in [-0.4, -0.2) is 15.6 Å². The number of carbonyl (C=O) groups is 1. The zero-order valence-electron chi connectivity index (χ0n) is 11.5. The standard InChI is InChI=1S/C16H16N2O3/c17-8-5-10-9-3-1-2-4-13(9)18-7-12(16(20)21)15(19)11(6-8)14(10)18/h5-7,9,13H,1-4,17H2,(H,20,21). The Kier molecular flexibility index (Phi) is 2.43. The van der Waals surface area contributed by atoms with E-state index in [-0.39, 0.29) is 11.6 Å². The van der Waals surface area contributed by atoms with Gasteiger partial charge in [-0.1, -0.05) is 12.8 Å². The van der Waals surface area contributed by atoms with Gasteiger partial charge in [0.05, 0.1) is 5.52 Å². The highest BCUT2D eigenvalue weighted by Crippen LogP contribution is 2.49. The number of aromatic carboxylic acids is 1. The molecule has 0 saturated heterocycles. The molecule has 1 aromatic heterocycles. The molecular formula is C16H16N2O3. The average molecular weight is 284 g/mol. The molecule has 0 spiro atoms. The van der Waals surface area contributed by atoms with Crippen LogP contribution in [-0.2, 0) is 0 Å². The van der Waals surface area contributed by atoms with Crippen molar-refractivity contribution in [1.29, 1.82) is 0 Å². The van der Waals surface area contributed by atoms with Gasteiger partial charge < -0.3 is 15.4 Å². The van der Waals surface area contributed by atoms with Crippen LogP contribution in [0.4, 0.5) is 5.69 Å². The summed E-state index contributed by atoms with van der Waals surface area (Å²) in [6, 6.07) is 3.83. The molecule has 0 bridgehead atoms. The van der Waals surface area contributed by atoms with Gasteiger partial charge in [-0.3, -0.25) is 4.79 Å².